The molecule has 5 rings (SSSR count). The van der Waals surface area contributed by atoms with Gasteiger partial charge in [0.1, 0.15) is 61.4 Å². The number of fused-ring (bicyclic) bond motifs is 3. The molecule has 2 aliphatic heterocycles. The molecule has 0 radical (unpaired) electrons. The van der Waals surface area contributed by atoms with Gasteiger partial charge < -0.3 is 59.3 Å². The van der Waals surface area contributed by atoms with Crippen molar-refractivity contribution in [2.24, 2.45) is 0 Å². The highest BCUT2D eigenvalue weighted by Gasteiger charge is 2.50. The van der Waals surface area contributed by atoms with Gasteiger partial charge >= 0.3 is 0 Å². The molecule has 10 atom stereocenters. The molecule has 2 aromatic carbocycles. The normalized spacial score (nSPS) is 33.7. The Morgan fingerprint density at radius 2 is 1.26 bits per heavy atom. The number of carbonyl (C=O) groups excluding carboxylic acids is 2. The van der Waals surface area contributed by atoms with Crippen molar-refractivity contribution in [3.63, 3.8) is 0 Å². The van der Waals surface area contributed by atoms with Gasteiger partial charge in [-0.25, -0.2) is 0 Å². The van der Waals surface area contributed by atoms with Crippen LogP contribution in [0.25, 0.3) is 21.8 Å². The Balaban J connectivity index is 1.29. The third kappa shape index (κ3) is 5.59. The fourth-order valence-electron chi connectivity index (χ4n) is 5.48. The van der Waals surface area contributed by atoms with Crippen molar-refractivity contribution in [3.8, 4) is 0 Å². The van der Waals surface area contributed by atoms with Gasteiger partial charge in [0.2, 0.25) is 0 Å². The van der Waals surface area contributed by atoms with E-state index in [1.807, 2.05) is 4.57 Å². The molecule has 0 bridgehead atoms. The van der Waals surface area contributed by atoms with Gasteiger partial charge in [-0.15, -0.1) is 0 Å². The van der Waals surface area contributed by atoms with Gasteiger partial charge in [0.05, 0.1) is 19.8 Å². The summed E-state index contributed by atoms with van der Waals surface area (Å²) in [5, 5.41) is 72.7. The van der Waals surface area contributed by atoms with Gasteiger partial charge in [-0.1, -0.05) is 0 Å². The Bertz CT molecular complexity index is 1340. The quantitative estimate of drug-likeness (QED) is 0.128. The molecule has 0 unspecified atom stereocenters. The van der Waals surface area contributed by atoms with Crippen LogP contribution in [0.2, 0.25) is 0 Å². The molecule has 2 aliphatic rings. The third-order valence-corrected chi connectivity index (χ3v) is 7.74. The number of benzene rings is 2. The molecule has 42 heavy (non-hydrogen) atoms. The molecular formula is C28H33NO13. The first-order valence-corrected chi connectivity index (χ1v) is 13.4. The summed E-state index contributed by atoms with van der Waals surface area (Å²) >= 11 is 0. The van der Waals surface area contributed by atoms with E-state index in [1.165, 1.54) is 0 Å². The van der Waals surface area contributed by atoms with Crippen LogP contribution in [-0.4, -0.2) is 134 Å². The average Bonchev–Trinajstić information content (AvgIpc) is 3.32. The monoisotopic (exact) mass is 591 g/mol. The van der Waals surface area contributed by atoms with Crippen molar-refractivity contribution in [1.29, 1.82) is 0 Å². The fourth-order valence-corrected chi connectivity index (χ4v) is 5.48. The maximum Gasteiger partial charge on any atom is 0.187 e. The second kappa shape index (κ2) is 12.8. The summed E-state index contributed by atoms with van der Waals surface area (Å²) in [6, 6.07) is 10.3. The minimum Gasteiger partial charge on any atom is -0.394 e. The van der Waals surface area contributed by atoms with Gasteiger partial charge in [0.25, 0.3) is 0 Å². The number of aromatic nitrogens is 1. The number of aliphatic hydroxyl groups is 7. The van der Waals surface area contributed by atoms with Crippen molar-refractivity contribution < 1.29 is 64.3 Å². The lowest BCUT2D eigenvalue weighted by Crippen LogP contribution is -2.64. The minimum absolute atomic E-state index is 0.0193. The lowest BCUT2D eigenvalue weighted by molar-refractivity contribution is -0.359. The van der Waals surface area contributed by atoms with Gasteiger partial charge in [-0.2, -0.15) is 0 Å². The second-order valence-electron chi connectivity index (χ2n) is 10.3. The summed E-state index contributed by atoms with van der Waals surface area (Å²) in [6.45, 7) is -1.15. The summed E-state index contributed by atoms with van der Waals surface area (Å²) < 4.78 is 24.2. The summed E-state index contributed by atoms with van der Waals surface area (Å²) in [4.78, 5) is 22.7. The molecule has 0 aliphatic carbocycles. The Labute approximate surface area is 238 Å². The Hall–Kier alpha value is -2.86. The fraction of sp³-hybridized carbons (Fsp3) is 0.500. The molecule has 3 heterocycles. The standard InChI is InChI=1S/C28H33NO13/c30-9-13-1-3-17-15(7-13)16-8-14(10-31)2-4-18(16)29(17)5-6-39-27-25(38)23(36)26(20(12-33)41-27)42-28-24(37)22(35)21(34)19(11-32)40-28/h1-4,7-10,19-28,32-38H,5-6,11-12H2/t19-,20-,21+,22+,23-,24-,25-,26-,27-,28+/m1/s1. The van der Waals surface area contributed by atoms with Crippen LogP contribution < -0.4 is 0 Å². The van der Waals surface area contributed by atoms with Crippen LogP contribution in [0.1, 0.15) is 20.7 Å². The van der Waals surface area contributed by atoms with Crippen molar-refractivity contribution in [2.45, 2.75) is 68.0 Å². The van der Waals surface area contributed by atoms with Crippen LogP contribution in [-0.2, 0) is 25.5 Å². The maximum absolute atomic E-state index is 11.4. The predicted molar refractivity (Wildman–Crippen MR) is 143 cm³/mol. The van der Waals surface area contributed by atoms with Gasteiger partial charge in [0.15, 0.2) is 12.6 Å². The van der Waals surface area contributed by atoms with Crippen LogP contribution in [0.4, 0.5) is 0 Å². The van der Waals surface area contributed by atoms with Crippen LogP contribution in [0.15, 0.2) is 36.4 Å². The summed E-state index contributed by atoms with van der Waals surface area (Å²) in [7, 11) is 0. The highest BCUT2D eigenvalue weighted by molar-refractivity contribution is 6.10. The lowest BCUT2D eigenvalue weighted by atomic mass is 9.97. The maximum atomic E-state index is 11.4. The number of rotatable bonds is 10. The number of ether oxygens (including phenoxy) is 4. The van der Waals surface area contributed by atoms with E-state index in [9.17, 15) is 45.3 Å². The smallest absolute Gasteiger partial charge is 0.187 e. The molecule has 1 aromatic heterocycles. The van der Waals surface area contributed by atoms with Crippen LogP contribution >= 0.6 is 0 Å². The van der Waals surface area contributed by atoms with E-state index in [2.05, 4.69) is 0 Å². The number of aliphatic hydroxyl groups excluding tert-OH is 7. The first kappa shape index (κ1) is 30.6. The molecule has 2 fully saturated rings. The zero-order chi connectivity index (χ0) is 30.1. The molecular weight excluding hydrogens is 558 g/mol. The number of carbonyl (C=O) groups is 2. The molecule has 0 amide bonds. The van der Waals surface area contributed by atoms with Gasteiger partial charge in [-0.3, -0.25) is 9.59 Å². The summed E-state index contributed by atoms with van der Waals surface area (Å²) in [6.07, 6.45) is -14.0. The van der Waals surface area contributed by atoms with E-state index in [0.29, 0.717) is 11.1 Å². The van der Waals surface area contributed by atoms with Crippen molar-refractivity contribution in [3.05, 3.63) is 47.5 Å². The number of hydrogen-bond donors (Lipinski definition) is 7. The van der Waals surface area contributed by atoms with Crippen molar-refractivity contribution in [2.75, 3.05) is 19.8 Å². The highest BCUT2D eigenvalue weighted by atomic mass is 16.7. The SMILES string of the molecule is O=Cc1ccc2c(c1)c1cc(C=O)ccc1n2CCO[C@@H]1O[C@H](CO)[C@@H](O[C@@H]2O[C@H](CO)[C@H](O)[C@H](O)[C@H]2O)[C@H](O)[C@H]1O. The van der Waals surface area contributed by atoms with E-state index in [1.54, 1.807) is 36.4 Å². The van der Waals surface area contributed by atoms with E-state index in [-0.39, 0.29) is 13.2 Å². The molecule has 3 aromatic rings. The van der Waals surface area contributed by atoms with E-state index < -0.39 is 74.6 Å². The largest absolute Gasteiger partial charge is 0.394 e. The number of aldehydes is 2. The highest BCUT2D eigenvalue weighted by Crippen LogP contribution is 2.32. The van der Waals surface area contributed by atoms with Crippen LogP contribution in [0, 0.1) is 0 Å². The Morgan fingerprint density at radius 3 is 1.81 bits per heavy atom. The van der Waals surface area contributed by atoms with Crippen molar-refractivity contribution in [1.82, 2.24) is 4.57 Å². The minimum atomic E-state index is -1.77. The molecule has 0 spiro atoms. The van der Waals surface area contributed by atoms with E-state index in [0.717, 1.165) is 34.4 Å². The first-order chi connectivity index (χ1) is 20.2. The van der Waals surface area contributed by atoms with E-state index in [4.69, 9.17) is 18.9 Å². The lowest BCUT2D eigenvalue weighted by Gasteiger charge is -2.45. The Morgan fingerprint density at radius 1 is 0.714 bits per heavy atom. The third-order valence-electron chi connectivity index (χ3n) is 7.74. The van der Waals surface area contributed by atoms with Crippen molar-refractivity contribution >= 4 is 34.4 Å². The van der Waals surface area contributed by atoms with Gasteiger partial charge in [0, 0.05) is 39.5 Å². The molecule has 14 nitrogen and oxygen atoms in total. The zero-order valence-electron chi connectivity index (χ0n) is 22.2. The summed E-state index contributed by atoms with van der Waals surface area (Å²) in [5.41, 5.74) is 2.48. The topological polar surface area (TPSA) is 218 Å². The second-order valence-corrected chi connectivity index (χ2v) is 10.3. The Kier molecular flexibility index (Phi) is 9.31. The average molecular weight is 592 g/mol. The van der Waals surface area contributed by atoms with E-state index >= 15 is 0 Å². The molecule has 14 heteroatoms. The molecule has 0 saturated carbocycles. The molecule has 228 valence electrons. The van der Waals surface area contributed by atoms with Crippen LogP contribution in [0.3, 0.4) is 0 Å². The van der Waals surface area contributed by atoms with Gasteiger partial charge in [-0.05, 0) is 36.4 Å². The zero-order valence-corrected chi connectivity index (χ0v) is 22.2. The molecule has 7 N–H and O–H groups in total. The predicted octanol–water partition coefficient (Wildman–Crippen LogP) is -1.94. The number of hydrogen-bond acceptors (Lipinski definition) is 13. The molecule has 2 saturated heterocycles. The van der Waals surface area contributed by atoms with Crippen LogP contribution in [0.5, 0.6) is 0 Å². The summed E-state index contributed by atoms with van der Waals surface area (Å²) in [5.74, 6) is 0. The first-order valence-electron chi connectivity index (χ1n) is 13.4. The number of nitrogens with zero attached hydrogens (tertiary/aromatic N) is 1.